The summed E-state index contributed by atoms with van der Waals surface area (Å²) in [7, 11) is 2.00. The highest BCUT2D eigenvalue weighted by atomic mass is 15.3. The Morgan fingerprint density at radius 1 is 1.30 bits per heavy atom. The van der Waals surface area contributed by atoms with Gasteiger partial charge < -0.3 is 10.2 Å². The Morgan fingerprint density at radius 3 is 2.70 bits per heavy atom. The Kier molecular flexibility index (Phi) is 4.22. The Morgan fingerprint density at radius 2 is 2.05 bits per heavy atom. The number of hydrogen-bond acceptors (Lipinski definition) is 4. The Bertz CT molecular complexity index is 436. The molecule has 1 saturated carbocycles. The van der Waals surface area contributed by atoms with Gasteiger partial charge in [0, 0.05) is 45.0 Å². The predicted molar refractivity (Wildman–Crippen MR) is 83.1 cm³/mol. The van der Waals surface area contributed by atoms with Crippen LogP contribution in [-0.4, -0.2) is 49.7 Å². The maximum atomic E-state index is 4.56. The number of nitrogens with one attached hydrogen (secondary N) is 1. The Labute approximate surface area is 122 Å². The highest BCUT2D eigenvalue weighted by molar-refractivity contribution is 5.42. The molecule has 0 bridgehead atoms. The van der Waals surface area contributed by atoms with Crippen LogP contribution in [0.1, 0.15) is 31.4 Å². The number of pyridine rings is 1. The zero-order valence-corrected chi connectivity index (χ0v) is 12.7. The van der Waals surface area contributed by atoms with Gasteiger partial charge >= 0.3 is 0 Å². The third-order valence-corrected chi connectivity index (χ3v) is 4.61. The van der Waals surface area contributed by atoms with Crippen molar-refractivity contribution in [1.29, 1.82) is 0 Å². The summed E-state index contributed by atoms with van der Waals surface area (Å²) in [5, 5.41) is 3.29. The van der Waals surface area contributed by atoms with Crippen LogP contribution in [0.5, 0.6) is 0 Å². The molecule has 2 aliphatic rings. The van der Waals surface area contributed by atoms with Crippen molar-refractivity contribution in [2.45, 2.75) is 25.8 Å². The molecule has 0 radical (unpaired) electrons. The average molecular weight is 274 g/mol. The lowest BCUT2D eigenvalue weighted by molar-refractivity contribution is 0.247. The smallest absolute Gasteiger partial charge is 0.128 e. The van der Waals surface area contributed by atoms with Gasteiger partial charge in [0.1, 0.15) is 5.82 Å². The summed E-state index contributed by atoms with van der Waals surface area (Å²) in [6.07, 6.45) is 4.84. The van der Waals surface area contributed by atoms with Gasteiger partial charge in [-0.1, -0.05) is 0 Å². The van der Waals surface area contributed by atoms with E-state index < -0.39 is 0 Å². The fourth-order valence-electron chi connectivity index (χ4n) is 2.87. The predicted octanol–water partition coefficient (Wildman–Crippen LogP) is 1.89. The van der Waals surface area contributed by atoms with Crippen molar-refractivity contribution in [3.8, 4) is 0 Å². The molecule has 3 rings (SSSR count). The lowest BCUT2D eigenvalue weighted by Gasteiger charge is -2.35. The lowest BCUT2D eigenvalue weighted by atomic mass is 10.1. The van der Waals surface area contributed by atoms with Crippen LogP contribution in [0.3, 0.4) is 0 Å². The maximum Gasteiger partial charge on any atom is 0.128 e. The summed E-state index contributed by atoms with van der Waals surface area (Å²) in [5.74, 6) is 2.13. The van der Waals surface area contributed by atoms with Crippen LogP contribution >= 0.6 is 0 Å². The van der Waals surface area contributed by atoms with Gasteiger partial charge in [-0.15, -0.1) is 0 Å². The molecule has 0 aromatic carbocycles. The second-order valence-electron chi connectivity index (χ2n) is 6.19. The molecule has 1 saturated heterocycles. The van der Waals surface area contributed by atoms with Gasteiger partial charge in [-0.3, -0.25) is 4.90 Å². The molecule has 1 unspecified atom stereocenters. The highest BCUT2D eigenvalue weighted by Crippen LogP contribution is 2.30. The second-order valence-corrected chi connectivity index (χ2v) is 6.19. The molecule has 1 N–H and O–H groups in total. The van der Waals surface area contributed by atoms with Crippen LogP contribution in [0.25, 0.3) is 0 Å². The quantitative estimate of drug-likeness (QED) is 0.888. The second kappa shape index (κ2) is 6.10. The summed E-state index contributed by atoms with van der Waals surface area (Å²) in [5.41, 5.74) is 1.32. The van der Waals surface area contributed by atoms with Crippen molar-refractivity contribution < 1.29 is 0 Å². The van der Waals surface area contributed by atoms with Crippen molar-refractivity contribution in [1.82, 2.24) is 15.2 Å². The molecule has 0 spiro atoms. The number of nitrogens with zero attached hydrogens (tertiary/aromatic N) is 3. The van der Waals surface area contributed by atoms with Crippen molar-refractivity contribution in [3.63, 3.8) is 0 Å². The third-order valence-electron chi connectivity index (χ3n) is 4.61. The SMILES string of the molecule is CNC(C)c1ccnc(N2CCN(CC3CC3)CC2)c1. The van der Waals surface area contributed by atoms with E-state index in [1.165, 1.54) is 38.0 Å². The molecule has 0 amide bonds. The van der Waals surface area contributed by atoms with Crippen molar-refractivity contribution in [3.05, 3.63) is 23.9 Å². The van der Waals surface area contributed by atoms with E-state index in [0.29, 0.717) is 6.04 Å². The normalized spacial score (nSPS) is 22.0. The molecular weight excluding hydrogens is 248 g/mol. The van der Waals surface area contributed by atoms with Gasteiger partial charge in [0.2, 0.25) is 0 Å². The molecule has 1 aliphatic heterocycles. The van der Waals surface area contributed by atoms with Crippen molar-refractivity contribution in [2.24, 2.45) is 5.92 Å². The van der Waals surface area contributed by atoms with Crippen LogP contribution in [-0.2, 0) is 0 Å². The summed E-state index contributed by atoms with van der Waals surface area (Å²) >= 11 is 0. The summed E-state index contributed by atoms with van der Waals surface area (Å²) in [6.45, 7) is 8.09. The minimum atomic E-state index is 0.382. The van der Waals surface area contributed by atoms with E-state index in [2.05, 4.69) is 39.2 Å². The van der Waals surface area contributed by atoms with Gasteiger partial charge in [-0.05, 0) is 50.4 Å². The van der Waals surface area contributed by atoms with Crippen molar-refractivity contribution in [2.75, 3.05) is 44.7 Å². The van der Waals surface area contributed by atoms with Gasteiger partial charge in [0.15, 0.2) is 0 Å². The molecule has 1 aromatic rings. The molecule has 20 heavy (non-hydrogen) atoms. The van der Waals surface area contributed by atoms with E-state index in [0.717, 1.165) is 24.8 Å². The van der Waals surface area contributed by atoms with E-state index in [9.17, 15) is 0 Å². The standard InChI is InChI=1S/C16H26N4/c1-13(17-2)15-5-6-18-16(11-15)20-9-7-19(8-10-20)12-14-3-4-14/h5-6,11,13-14,17H,3-4,7-10,12H2,1-2H3. The average Bonchev–Trinajstić information content (AvgIpc) is 3.31. The summed E-state index contributed by atoms with van der Waals surface area (Å²) in [4.78, 5) is 9.60. The van der Waals surface area contributed by atoms with Crippen LogP contribution in [0.2, 0.25) is 0 Å². The zero-order valence-electron chi connectivity index (χ0n) is 12.7. The van der Waals surface area contributed by atoms with Gasteiger partial charge in [-0.2, -0.15) is 0 Å². The number of aromatic nitrogens is 1. The molecule has 110 valence electrons. The van der Waals surface area contributed by atoms with Gasteiger partial charge in [0.25, 0.3) is 0 Å². The number of hydrogen-bond donors (Lipinski definition) is 1. The van der Waals surface area contributed by atoms with E-state index >= 15 is 0 Å². The van der Waals surface area contributed by atoms with Crippen LogP contribution in [0, 0.1) is 5.92 Å². The summed E-state index contributed by atoms with van der Waals surface area (Å²) in [6, 6.07) is 4.72. The largest absolute Gasteiger partial charge is 0.354 e. The van der Waals surface area contributed by atoms with Gasteiger partial charge in [-0.25, -0.2) is 4.98 Å². The van der Waals surface area contributed by atoms with Crippen LogP contribution < -0.4 is 10.2 Å². The van der Waals surface area contributed by atoms with E-state index in [4.69, 9.17) is 0 Å². The first kappa shape index (κ1) is 13.8. The van der Waals surface area contributed by atoms with E-state index in [1.807, 2.05) is 13.2 Å². The van der Waals surface area contributed by atoms with Gasteiger partial charge in [0.05, 0.1) is 0 Å². The first-order valence-corrected chi connectivity index (χ1v) is 7.87. The third kappa shape index (κ3) is 3.30. The summed E-state index contributed by atoms with van der Waals surface area (Å²) < 4.78 is 0. The minimum absolute atomic E-state index is 0.382. The topological polar surface area (TPSA) is 31.4 Å². The molecular formula is C16H26N4. The van der Waals surface area contributed by atoms with Crippen LogP contribution in [0.15, 0.2) is 18.3 Å². The Hall–Kier alpha value is -1.13. The monoisotopic (exact) mass is 274 g/mol. The molecule has 4 nitrogen and oxygen atoms in total. The van der Waals surface area contributed by atoms with E-state index in [1.54, 1.807) is 0 Å². The minimum Gasteiger partial charge on any atom is -0.354 e. The van der Waals surface area contributed by atoms with E-state index in [-0.39, 0.29) is 0 Å². The lowest BCUT2D eigenvalue weighted by Crippen LogP contribution is -2.47. The number of piperazine rings is 1. The van der Waals surface area contributed by atoms with Crippen molar-refractivity contribution >= 4 is 5.82 Å². The molecule has 1 atom stereocenters. The zero-order chi connectivity index (χ0) is 13.9. The number of anilines is 1. The number of rotatable bonds is 5. The molecule has 2 heterocycles. The first-order valence-electron chi connectivity index (χ1n) is 7.87. The highest BCUT2D eigenvalue weighted by Gasteiger charge is 2.26. The molecule has 4 heteroatoms. The molecule has 1 aromatic heterocycles. The first-order chi connectivity index (χ1) is 9.76. The molecule has 2 fully saturated rings. The Balaban J connectivity index is 1.59. The maximum absolute atomic E-state index is 4.56. The fraction of sp³-hybridized carbons (Fsp3) is 0.688. The van der Waals surface area contributed by atoms with Crippen LogP contribution in [0.4, 0.5) is 5.82 Å². The molecule has 1 aliphatic carbocycles. The fourth-order valence-corrected chi connectivity index (χ4v) is 2.87.